The standard InChI is InChI=1S/C69H131NO5/c1-3-5-7-9-11-13-15-17-19-20-21-28-31-34-37-41-45-49-53-57-61-67(72)66(65-71)70-68(73)62-58-54-50-46-42-38-35-32-29-26-24-22-23-25-27-30-33-36-40-44-48-52-56-60-64-75-69(74)63-59-55-51-47-43-39-18-16-14-12-10-8-6-4-2/h10,12,16,18,24,26,66-67,71-72H,3-9,11,13-15,17,19-23,25,27-65H2,1-2H3,(H,70,73)/b12-10-,18-16-,26-24-. The lowest BCUT2D eigenvalue weighted by Gasteiger charge is -2.22. The monoisotopic (exact) mass is 1050 g/mol. The molecule has 75 heavy (non-hydrogen) atoms. The molecule has 6 nitrogen and oxygen atoms in total. The fraction of sp³-hybridized carbons (Fsp3) is 0.884. The number of aliphatic hydroxyl groups is 2. The maximum Gasteiger partial charge on any atom is 0.305 e. The third kappa shape index (κ3) is 61.2. The molecule has 0 aromatic heterocycles. The van der Waals surface area contributed by atoms with E-state index in [0.29, 0.717) is 25.9 Å². The predicted octanol–water partition coefficient (Wildman–Crippen LogP) is 21.5. The number of aliphatic hydroxyl groups excluding tert-OH is 2. The number of hydrogen-bond acceptors (Lipinski definition) is 5. The van der Waals surface area contributed by atoms with E-state index >= 15 is 0 Å². The Bertz CT molecular complexity index is 1210. The van der Waals surface area contributed by atoms with Crippen LogP contribution in [0.2, 0.25) is 0 Å². The largest absolute Gasteiger partial charge is 0.466 e. The van der Waals surface area contributed by atoms with Gasteiger partial charge in [-0.05, 0) is 77.0 Å². The minimum Gasteiger partial charge on any atom is -0.466 e. The molecule has 442 valence electrons. The molecule has 0 aromatic rings. The Morgan fingerprint density at radius 1 is 0.373 bits per heavy atom. The molecular formula is C69H131NO5. The molecule has 0 saturated carbocycles. The molecule has 0 aromatic carbocycles. The molecule has 0 rings (SSSR count). The van der Waals surface area contributed by atoms with Crippen molar-refractivity contribution >= 4 is 11.9 Å². The van der Waals surface area contributed by atoms with E-state index in [1.165, 1.54) is 283 Å². The van der Waals surface area contributed by atoms with Crippen molar-refractivity contribution in [2.75, 3.05) is 13.2 Å². The molecule has 0 saturated heterocycles. The second-order valence-corrected chi connectivity index (χ2v) is 23.1. The van der Waals surface area contributed by atoms with E-state index in [4.69, 9.17) is 4.74 Å². The molecule has 0 radical (unpaired) electrons. The van der Waals surface area contributed by atoms with Crippen molar-refractivity contribution in [3.8, 4) is 0 Å². The average molecular weight is 1050 g/mol. The zero-order chi connectivity index (χ0) is 54.3. The number of hydrogen-bond donors (Lipinski definition) is 3. The summed E-state index contributed by atoms with van der Waals surface area (Å²) in [5.74, 6) is -0.0381. The van der Waals surface area contributed by atoms with Crippen LogP contribution in [0.5, 0.6) is 0 Å². The number of allylic oxidation sites excluding steroid dienone is 6. The Kier molecular flexibility index (Phi) is 63.0. The highest BCUT2D eigenvalue weighted by atomic mass is 16.5. The number of esters is 1. The van der Waals surface area contributed by atoms with Gasteiger partial charge >= 0.3 is 5.97 Å². The number of ether oxygens (including phenoxy) is 1. The van der Waals surface area contributed by atoms with Crippen LogP contribution in [0, 0.1) is 0 Å². The Balaban J connectivity index is 3.41. The number of amides is 1. The van der Waals surface area contributed by atoms with Gasteiger partial charge in [-0.15, -0.1) is 0 Å². The first kappa shape index (κ1) is 73.1. The van der Waals surface area contributed by atoms with Crippen LogP contribution >= 0.6 is 0 Å². The Labute approximate surface area is 468 Å². The van der Waals surface area contributed by atoms with E-state index < -0.39 is 12.1 Å². The van der Waals surface area contributed by atoms with Crippen molar-refractivity contribution in [3.63, 3.8) is 0 Å². The lowest BCUT2D eigenvalue weighted by Crippen LogP contribution is -2.45. The van der Waals surface area contributed by atoms with Gasteiger partial charge in [0, 0.05) is 12.8 Å². The van der Waals surface area contributed by atoms with E-state index in [9.17, 15) is 19.8 Å². The molecule has 2 atom stereocenters. The Hall–Kier alpha value is -1.92. The first-order chi connectivity index (χ1) is 37.0. The van der Waals surface area contributed by atoms with Gasteiger partial charge in [0.05, 0.1) is 25.4 Å². The summed E-state index contributed by atoms with van der Waals surface area (Å²) in [5, 5.41) is 23.4. The third-order valence-corrected chi connectivity index (χ3v) is 15.7. The van der Waals surface area contributed by atoms with Crippen LogP contribution in [-0.2, 0) is 14.3 Å². The van der Waals surface area contributed by atoms with E-state index in [1.807, 2.05) is 0 Å². The van der Waals surface area contributed by atoms with Crippen LogP contribution in [0.4, 0.5) is 0 Å². The average Bonchev–Trinajstić information content (AvgIpc) is 3.41. The van der Waals surface area contributed by atoms with E-state index in [-0.39, 0.29) is 18.5 Å². The third-order valence-electron chi connectivity index (χ3n) is 15.7. The molecule has 0 spiro atoms. The molecule has 1 amide bonds. The second kappa shape index (κ2) is 64.6. The fourth-order valence-corrected chi connectivity index (χ4v) is 10.5. The number of unbranched alkanes of at least 4 members (excludes halogenated alkanes) is 46. The maximum absolute atomic E-state index is 12.5. The van der Waals surface area contributed by atoms with Crippen LogP contribution in [0.15, 0.2) is 36.5 Å². The van der Waals surface area contributed by atoms with Crippen molar-refractivity contribution in [1.82, 2.24) is 5.32 Å². The highest BCUT2D eigenvalue weighted by molar-refractivity contribution is 5.76. The first-order valence-electron chi connectivity index (χ1n) is 33.7. The molecule has 0 bridgehead atoms. The van der Waals surface area contributed by atoms with E-state index in [1.54, 1.807) is 0 Å². The summed E-state index contributed by atoms with van der Waals surface area (Å²) in [6.07, 6.45) is 81.7. The first-order valence-corrected chi connectivity index (χ1v) is 33.7. The van der Waals surface area contributed by atoms with Crippen LogP contribution in [-0.4, -0.2) is 47.4 Å². The number of nitrogens with one attached hydrogen (secondary N) is 1. The lowest BCUT2D eigenvalue weighted by molar-refractivity contribution is -0.143. The van der Waals surface area contributed by atoms with Gasteiger partial charge in [0.1, 0.15) is 0 Å². The molecule has 0 aliphatic heterocycles. The minimum atomic E-state index is -0.668. The van der Waals surface area contributed by atoms with Crippen LogP contribution in [0.1, 0.15) is 367 Å². The van der Waals surface area contributed by atoms with Crippen LogP contribution in [0.25, 0.3) is 0 Å². The van der Waals surface area contributed by atoms with Crippen molar-refractivity contribution in [2.24, 2.45) is 0 Å². The highest BCUT2D eigenvalue weighted by Crippen LogP contribution is 2.18. The predicted molar refractivity (Wildman–Crippen MR) is 329 cm³/mol. The summed E-state index contributed by atoms with van der Waals surface area (Å²) < 4.78 is 5.48. The number of rotatable bonds is 63. The SMILES string of the molecule is CCCC/C=C\C/C=C\CCCCCCCC(=O)OCCCCCCCCCCCCCC/C=C\CCCCCCCCCCC(=O)NC(CO)C(O)CCCCCCCCCCCCCCCCCCCCCC. The summed E-state index contributed by atoms with van der Waals surface area (Å²) >= 11 is 0. The smallest absolute Gasteiger partial charge is 0.305 e. The summed E-state index contributed by atoms with van der Waals surface area (Å²) in [5.41, 5.74) is 0. The topological polar surface area (TPSA) is 95.9 Å². The van der Waals surface area contributed by atoms with Gasteiger partial charge < -0.3 is 20.3 Å². The van der Waals surface area contributed by atoms with Gasteiger partial charge in [-0.25, -0.2) is 0 Å². The van der Waals surface area contributed by atoms with Crippen LogP contribution in [0.3, 0.4) is 0 Å². The molecule has 2 unspecified atom stereocenters. The van der Waals surface area contributed by atoms with Crippen molar-refractivity contribution < 1.29 is 24.5 Å². The van der Waals surface area contributed by atoms with Gasteiger partial charge in [-0.2, -0.15) is 0 Å². The molecule has 0 aliphatic rings. The van der Waals surface area contributed by atoms with Crippen molar-refractivity contribution in [3.05, 3.63) is 36.5 Å². The van der Waals surface area contributed by atoms with Gasteiger partial charge in [-0.1, -0.05) is 314 Å². The fourth-order valence-electron chi connectivity index (χ4n) is 10.5. The summed E-state index contributed by atoms with van der Waals surface area (Å²) in [6.45, 7) is 4.93. The highest BCUT2D eigenvalue weighted by Gasteiger charge is 2.20. The molecule has 3 N–H and O–H groups in total. The molecule has 0 fully saturated rings. The van der Waals surface area contributed by atoms with E-state index in [2.05, 4.69) is 55.6 Å². The number of carbonyl (C=O) groups is 2. The molecule has 6 heteroatoms. The van der Waals surface area contributed by atoms with Crippen molar-refractivity contribution in [2.45, 2.75) is 379 Å². The zero-order valence-electron chi connectivity index (χ0n) is 50.5. The second-order valence-electron chi connectivity index (χ2n) is 23.1. The summed E-state index contributed by atoms with van der Waals surface area (Å²) in [4.78, 5) is 24.6. The van der Waals surface area contributed by atoms with Gasteiger partial charge in [0.15, 0.2) is 0 Å². The normalized spacial score (nSPS) is 12.7. The number of carbonyl (C=O) groups excluding carboxylic acids is 2. The minimum absolute atomic E-state index is 0.00174. The van der Waals surface area contributed by atoms with Crippen molar-refractivity contribution in [1.29, 1.82) is 0 Å². The maximum atomic E-state index is 12.5. The zero-order valence-corrected chi connectivity index (χ0v) is 50.5. The summed E-state index contributed by atoms with van der Waals surface area (Å²) in [7, 11) is 0. The summed E-state index contributed by atoms with van der Waals surface area (Å²) in [6, 6.07) is -0.546. The molecular weight excluding hydrogens is 923 g/mol. The quantitative estimate of drug-likeness (QED) is 0.0320. The Morgan fingerprint density at radius 2 is 0.680 bits per heavy atom. The van der Waals surface area contributed by atoms with Crippen LogP contribution < -0.4 is 5.32 Å². The Morgan fingerprint density at radius 3 is 1.07 bits per heavy atom. The van der Waals surface area contributed by atoms with E-state index in [0.717, 1.165) is 51.4 Å². The van der Waals surface area contributed by atoms with Gasteiger partial charge in [0.2, 0.25) is 5.91 Å². The lowest BCUT2D eigenvalue weighted by atomic mass is 10.0. The molecule has 0 aliphatic carbocycles. The molecule has 0 heterocycles. The van der Waals surface area contributed by atoms with Gasteiger partial charge in [0.25, 0.3) is 0 Å². The van der Waals surface area contributed by atoms with Gasteiger partial charge in [-0.3, -0.25) is 9.59 Å².